The van der Waals surface area contributed by atoms with Crippen LogP contribution in [0.3, 0.4) is 0 Å². The van der Waals surface area contributed by atoms with Crippen LogP contribution in [0.2, 0.25) is 18.1 Å². The van der Waals surface area contributed by atoms with Gasteiger partial charge in [-0.15, -0.1) is 6.58 Å². The quantitative estimate of drug-likeness (QED) is 0.409. The Balaban J connectivity index is 2.17. The summed E-state index contributed by atoms with van der Waals surface area (Å²) in [7, 11) is -2.09. The molecule has 0 amide bonds. The molecule has 1 saturated heterocycles. The van der Waals surface area contributed by atoms with Crippen molar-refractivity contribution in [3.05, 3.63) is 12.7 Å². The van der Waals surface area contributed by atoms with E-state index in [1.165, 1.54) is 0 Å². The maximum absolute atomic E-state index is 12.8. The summed E-state index contributed by atoms with van der Waals surface area (Å²) in [6.45, 7) is 14.4. The van der Waals surface area contributed by atoms with Crippen LogP contribution in [0.4, 0.5) is 0 Å². The Morgan fingerprint density at radius 3 is 2.41 bits per heavy atom. The van der Waals surface area contributed by atoms with Gasteiger partial charge in [0, 0.05) is 5.41 Å². The summed E-state index contributed by atoms with van der Waals surface area (Å²) in [5.41, 5.74) is -4.77. The zero-order valence-electron chi connectivity index (χ0n) is 17.5. The molecule has 0 aromatic heterocycles. The van der Waals surface area contributed by atoms with Crippen molar-refractivity contribution >= 4 is 14.3 Å². The molecular formula is C21H36O5Si. The first-order valence-corrected chi connectivity index (χ1v) is 13.0. The molecule has 1 aliphatic heterocycles. The molecule has 0 spiro atoms. The van der Waals surface area contributed by atoms with Crippen LogP contribution in [0.5, 0.6) is 0 Å². The highest BCUT2D eigenvalue weighted by atomic mass is 28.4. The summed E-state index contributed by atoms with van der Waals surface area (Å²) in [6.07, 6.45) is 2.95. The van der Waals surface area contributed by atoms with Gasteiger partial charge in [0.05, 0.1) is 17.1 Å². The van der Waals surface area contributed by atoms with Crippen LogP contribution < -0.4 is 0 Å². The number of carbonyl (C=O) groups is 1. The average Bonchev–Trinajstić information content (AvgIpc) is 3.08. The average molecular weight is 397 g/mol. The number of aliphatic hydroxyl groups is 2. The number of hydrogen-bond acceptors (Lipinski definition) is 5. The predicted molar refractivity (Wildman–Crippen MR) is 107 cm³/mol. The topological polar surface area (TPSA) is 76.0 Å². The molecule has 2 N–H and O–H groups in total. The van der Waals surface area contributed by atoms with Crippen molar-refractivity contribution in [2.75, 3.05) is 6.61 Å². The molecule has 3 rings (SSSR count). The molecule has 6 atom stereocenters. The van der Waals surface area contributed by atoms with Gasteiger partial charge in [-0.1, -0.05) is 40.7 Å². The van der Waals surface area contributed by atoms with Gasteiger partial charge in [0.25, 0.3) is 0 Å². The highest BCUT2D eigenvalue weighted by Crippen LogP contribution is 2.69. The summed E-state index contributed by atoms with van der Waals surface area (Å²) in [5, 5.41) is 23.7. The molecule has 1 heterocycles. The minimum Gasteiger partial charge on any atom is -0.463 e. The number of hydrogen-bond donors (Lipinski definition) is 2. The zero-order valence-corrected chi connectivity index (χ0v) is 18.5. The Labute approximate surface area is 164 Å². The molecule has 0 aromatic rings. The first kappa shape index (κ1) is 21.0. The second kappa shape index (κ2) is 6.41. The smallest absolute Gasteiger partial charge is 0.341 e. The van der Waals surface area contributed by atoms with E-state index >= 15 is 0 Å². The second-order valence-electron chi connectivity index (χ2n) is 9.27. The largest absolute Gasteiger partial charge is 0.463 e. The molecular weight excluding hydrogens is 360 g/mol. The minimum atomic E-state index is -2.09. The first-order chi connectivity index (χ1) is 12.6. The van der Waals surface area contributed by atoms with Gasteiger partial charge in [0.1, 0.15) is 6.61 Å². The molecule has 0 aromatic carbocycles. The van der Waals surface area contributed by atoms with Crippen molar-refractivity contribution < 1.29 is 24.2 Å². The van der Waals surface area contributed by atoms with E-state index in [-0.39, 0.29) is 12.5 Å². The van der Waals surface area contributed by atoms with E-state index in [0.717, 1.165) is 24.6 Å². The molecule has 27 heavy (non-hydrogen) atoms. The molecule has 3 aliphatic rings. The van der Waals surface area contributed by atoms with Gasteiger partial charge >= 0.3 is 5.97 Å². The van der Waals surface area contributed by atoms with E-state index in [1.807, 2.05) is 6.08 Å². The SMILES string of the molecule is C=C[C@@]12C[C@@H](O[Si](CC)(CC)CC)[C@@]3(O)C(=O)OC[C@@]3(C)[C@]1(O)CC[C@H]2C. The Hall–Kier alpha value is -0.693. The third-order valence-corrected chi connectivity index (χ3v) is 13.5. The summed E-state index contributed by atoms with van der Waals surface area (Å²) in [5.74, 6) is -0.448. The van der Waals surface area contributed by atoms with Crippen LogP contribution in [0, 0.1) is 16.7 Å². The number of ether oxygens (including phenoxy) is 1. The number of esters is 1. The van der Waals surface area contributed by atoms with Crippen LogP contribution in [0.25, 0.3) is 0 Å². The van der Waals surface area contributed by atoms with Gasteiger partial charge in [-0.25, -0.2) is 4.79 Å². The Morgan fingerprint density at radius 2 is 1.89 bits per heavy atom. The first-order valence-electron chi connectivity index (χ1n) is 10.5. The van der Waals surface area contributed by atoms with Gasteiger partial charge < -0.3 is 19.4 Å². The third kappa shape index (κ3) is 2.24. The van der Waals surface area contributed by atoms with Gasteiger partial charge in [-0.05, 0) is 43.3 Å². The summed E-state index contributed by atoms with van der Waals surface area (Å²) >= 11 is 0. The Morgan fingerprint density at radius 1 is 1.30 bits per heavy atom. The highest BCUT2D eigenvalue weighted by Gasteiger charge is 2.81. The van der Waals surface area contributed by atoms with E-state index in [0.29, 0.717) is 12.8 Å². The zero-order chi connectivity index (χ0) is 20.3. The summed E-state index contributed by atoms with van der Waals surface area (Å²) < 4.78 is 12.1. The summed E-state index contributed by atoms with van der Waals surface area (Å²) in [4.78, 5) is 12.8. The highest BCUT2D eigenvalue weighted by molar-refractivity contribution is 6.73. The van der Waals surface area contributed by atoms with Crippen LogP contribution in [-0.2, 0) is 14.0 Å². The summed E-state index contributed by atoms with van der Waals surface area (Å²) in [6, 6.07) is 2.79. The van der Waals surface area contributed by atoms with E-state index < -0.39 is 42.4 Å². The van der Waals surface area contributed by atoms with Crippen molar-refractivity contribution in [1.82, 2.24) is 0 Å². The minimum absolute atomic E-state index is 0.0138. The lowest BCUT2D eigenvalue weighted by Gasteiger charge is -2.62. The van der Waals surface area contributed by atoms with Crippen molar-refractivity contribution in [2.45, 2.75) is 89.3 Å². The fourth-order valence-corrected chi connectivity index (χ4v) is 9.25. The van der Waals surface area contributed by atoms with E-state index in [9.17, 15) is 15.0 Å². The van der Waals surface area contributed by atoms with Crippen molar-refractivity contribution in [2.24, 2.45) is 16.7 Å². The van der Waals surface area contributed by atoms with E-state index in [4.69, 9.17) is 9.16 Å². The Bertz CT molecular complexity index is 626. The van der Waals surface area contributed by atoms with Crippen LogP contribution in [0.15, 0.2) is 12.7 Å². The Kier molecular flexibility index (Phi) is 4.99. The maximum Gasteiger partial charge on any atom is 0.341 e. The molecule has 5 nitrogen and oxygen atoms in total. The van der Waals surface area contributed by atoms with Gasteiger partial charge in [-0.2, -0.15) is 0 Å². The van der Waals surface area contributed by atoms with Crippen LogP contribution in [-0.4, -0.2) is 48.4 Å². The lowest BCUT2D eigenvalue weighted by molar-refractivity contribution is -0.264. The fourth-order valence-electron chi connectivity index (χ4n) is 6.40. The molecule has 3 fully saturated rings. The second-order valence-corrected chi connectivity index (χ2v) is 14.0. The molecule has 2 aliphatic carbocycles. The molecule has 154 valence electrons. The van der Waals surface area contributed by atoms with Gasteiger partial charge in [0.2, 0.25) is 0 Å². The van der Waals surface area contributed by atoms with E-state index in [2.05, 4.69) is 34.3 Å². The van der Waals surface area contributed by atoms with Crippen molar-refractivity contribution in [1.29, 1.82) is 0 Å². The number of fused-ring (bicyclic) bond motifs is 3. The predicted octanol–water partition coefficient (Wildman–Crippen LogP) is 3.41. The number of cyclic esters (lactones) is 1. The van der Waals surface area contributed by atoms with E-state index in [1.54, 1.807) is 6.92 Å². The molecule has 2 saturated carbocycles. The lowest BCUT2D eigenvalue weighted by Crippen LogP contribution is -2.76. The molecule has 6 heteroatoms. The standard InChI is InChI=1S/C21H36O5Si/c1-7-19-13-16(26-27(8-2,9-3)10-4)21(24)17(22)25-14-18(21,6)20(19,23)12-11-15(19)5/h7,15-16,23-24H,1,8-14H2,2-6H3/t15-,16-,18+,19+,20-,21-/m1/s1. The van der Waals surface area contributed by atoms with Crippen molar-refractivity contribution in [3.63, 3.8) is 0 Å². The lowest BCUT2D eigenvalue weighted by atomic mass is 9.46. The van der Waals surface area contributed by atoms with Gasteiger partial charge in [-0.3, -0.25) is 0 Å². The number of carbonyl (C=O) groups excluding carboxylic acids is 1. The molecule has 0 unspecified atom stereocenters. The molecule has 0 radical (unpaired) electrons. The number of rotatable bonds is 6. The normalized spacial score (nSPS) is 46.7. The molecule has 0 bridgehead atoms. The van der Waals surface area contributed by atoms with Crippen molar-refractivity contribution in [3.8, 4) is 0 Å². The van der Waals surface area contributed by atoms with Crippen LogP contribution in [0.1, 0.15) is 53.9 Å². The third-order valence-electron chi connectivity index (χ3n) is 8.82. The van der Waals surface area contributed by atoms with Gasteiger partial charge in [0.15, 0.2) is 13.9 Å². The van der Waals surface area contributed by atoms with Crippen LogP contribution >= 0.6 is 0 Å². The maximum atomic E-state index is 12.8. The fraction of sp³-hybridized carbons (Fsp3) is 0.857. The monoisotopic (exact) mass is 396 g/mol.